The number of nitrogens with one attached hydrogen (secondary N) is 1. The number of aryl methyl sites for hydroxylation is 1. The third-order valence-corrected chi connectivity index (χ3v) is 6.03. The van der Waals surface area contributed by atoms with Gasteiger partial charge in [0.05, 0.1) is 27.6 Å². The summed E-state index contributed by atoms with van der Waals surface area (Å²) in [6.45, 7) is 4.28. The first-order chi connectivity index (χ1) is 16.9. The average Bonchev–Trinajstić information content (AvgIpc) is 3.32. The Balaban J connectivity index is 1.65. The van der Waals surface area contributed by atoms with E-state index in [9.17, 15) is 4.79 Å². The van der Waals surface area contributed by atoms with Crippen LogP contribution in [0.4, 0.5) is 0 Å². The molecule has 0 unspecified atom stereocenters. The minimum absolute atomic E-state index is 0.182. The van der Waals surface area contributed by atoms with Crippen LogP contribution >= 0.6 is 0 Å². The molecule has 1 amide bonds. The fourth-order valence-electron chi connectivity index (χ4n) is 4.14. The van der Waals surface area contributed by atoms with E-state index in [1.54, 1.807) is 33.7 Å². The van der Waals surface area contributed by atoms with Gasteiger partial charge in [-0.3, -0.25) is 4.79 Å². The van der Waals surface area contributed by atoms with Crippen LogP contribution in [0.15, 0.2) is 71.4 Å². The topological polar surface area (TPSA) is 69.9 Å². The molecule has 0 atom stereocenters. The Hall–Kier alpha value is -4.19. The van der Waals surface area contributed by atoms with Gasteiger partial charge in [0.25, 0.3) is 0 Å². The standard InChI is InChI=1S/C29H29NO5/c1-18(13-27(31)30-16-20-9-11-22(32-3)12-10-20)24-15-25-26(21-7-6-8-23(14-21)33-4)17-35-29(25)19(2)28(24)34-5/h6-15,17H,16H2,1-5H3,(H,30,31)/b18-13+. The first kappa shape index (κ1) is 24.0. The van der Waals surface area contributed by atoms with E-state index in [1.807, 2.05) is 68.4 Å². The van der Waals surface area contributed by atoms with Crippen molar-refractivity contribution in [3.05, 3.63) is 83.6 Å². The second kappa shape index (κ2) is 10.4. The highest BCUT2D eigenvalue weighted by molar-refractivity contribution is 6.01. The Bertz CT molecular complexity index is 1380. The summed E-state index contributed by atoms with van der Waals surface area (Å²) < 4.78 is 22.2. The molecule has 0 aliphatic carbocycles. The number of carbonyl (C=O) groups excluding carboxylic acids is 1. The Morgan fingerprint density at radius 1 is 0.971 bits per heavy atom. The molecule has 0 fully saturated rings. The van der Waals surface area contributed by atoms with Gasteiger partial charge in [0, 0.05) is 34.7 Å². The van der Waals surface area contributed by atoms with Crippen LogP contribution in [0.5, 0.6) is 17.2 Å². The van der Waals surface area contributed by atoms with Crippen molar-refractivity contribution >= 4 is 22.4 Å². The number of hydrogen-bond donors (Lipinski definition) is 1. The number of allylic oxidation sites excluding steroid dienone is 1. The summed E-state index contributed by atoms with van der Waals surface area (Å²) in [7, 11) is 4.90. The summed E-state index contributed by atoms with van der Waals surface area (Å²) in [5.41, 5.74) is 6.17. The summed E-state index contributed by atoms with van der Waals surface area (Å²) in [5.74, 6) is 2.05. The van der Waals surface area contributed by atoms with E-state index in [0.29, 0.717) is 12.3 Å². The second-order valence-electron chi connectivity index (χ2n) is 8.23. The van der Waals surface area contributed by atoms with Crippen molar-refractivity contribution in [3.8, 4) is 28.4 Å². The molecule has 3 aromatic carbocycles. The minimum Gasteiger partial charge on any atom is -0.497 e. The quantitative estimate of drug-likeness (QED) is 0.312. The summed E-state index contributed by atoms with van der Waals surface area (Å²) in [6.07, 6.45) is 3.34. The third-order valence-electron chi connectivity index (χ3n) is 6.03. The maximum absolute atomic E-state index is 12.7. The van der Waals surface area contributed by atoms with E-state index >= 15 is 0 Å². The third kappa shape index (κ3) is 5.01. The maximum atomic E-state index is 12.7. The van der Waals surface area contributed by atoms with Gasteiger partial charge in [-0.15, -0.1) is 0 Å². The molecule has 0 saturated heterocycles. The van der Waals surface area contributed by atoms with E-state index in [0.717, 1.165) is 55.9 Å². The predicted molar refractivity (Wildman–Crippen MR) is 138 cm³/mol. The number of ether oxygens (including phenoxy) is 3. The van der Waals surface area contributed by atoms with Crippen LogP contribution in [0.1, 0.15) is 23.6 Å². The highest BCUT2D eigenvalue weighted by Gasteiger charge is 2.19. The smallest absolute Gasteiger partial charge is 0.244 e. The molecular weight excluding hydrogens is 442 g/mol. The van der Waals surface area contributed by atoms with Gasteiger partial charge in [0.15, 0.2) is 0 Å². The van der Waals surface area contributed by atoms with Crippen LogP contribution in [-0.2, 0) is 11.3 Å². The maximum Gasteiger partial charge on any atom is 0.244 e. The van der Waals surface area contributed by atoms with Crippen molar-refractivity contribution in [3.63, 3.8) is 0 Å². The zero-order valence-electron chi connectivity index (χ0n) is 20.6. The van der Waals surface area contributed by atoms with Crippen molar-refractivity contribution in [2.24, 2.45) is 0 Å². The first-order valence-corrected chi connectivity index (χ1v) is 11.3. The zero-order valence-corrected chi connectivity index (χ0v) is 20.6. The van der Waals surface area contributed by atoms with Gasteiger partial charge in [-0.05, 0) is 60.9 Å². The molecule has 4 rings (SSSR count). The molecule has 0 aliphatic rings. The Morgan fingerprint density at radius 3 is 2.40 bits per heavy atom. The zero-order chi connectivity index (χ0) is 24.9. The molecule has 6 heteroatoms. The van der Waals surface area contributed by atoms with Crippen molar-refractivity contribution in [1.82, 2.24) is 5.32 Å². The van der Waals surface area contributed by atoms with E-state index in [-0.39, 0.29) is 5.91 Å². The van der Waals surface area contributed by atoms with Gasteiger partial charge in [-0.1, -0.05) is 24.3 Å². The van der Waals surface area contributed by atoms with Gasteiger partial charge < -0.3 is 23.9 Å². The number of rotatable bonds is 8. The highest BCUT2D eigenvalue weighted by atomic mass is 16.5. The number of methoxy groups -OCH3 is 3. The lowest BCUT2D eigenvalue weighted by Gasteiger charge is -2.13. The summed E-state index contributed by atoms with van der Waals surface area (Å²) in [5, 5.41) is 3.88. The van der Waals surface area contributed by atoms with Crippen LogP contribution in [0.25, 0.3) is 27.7 Å². The van der Waals surface area contributed by atoms with Gasteiger partial charge in [-0.25, -0.2) is 0 Å². The van der Waals surface area contributed by atoms with E-state index in [1.165, 1.54) is 0 Å². The first-order valence-electron chi connectivity index (χ1n) is 11.3. The predicted octanol–water partition coefficient (Wildman–Crippen LogP) is 6.15. The molecule has 4 aromatic rings. The molecule has 0 saturated carbocycles. The van der Waals surface area contributed by atoms with Crippen LogP contribution in [0.2, 0.25) is 0 Å². The van der Waals surface area contributed by atoms with E-state index in [4.69, 9.17) is 18.6 Å². The number of benzene rings is 3. The van der Waals surface area contributed by atoms with Gasteiger partial charge >= 0.3 is 0 Å². The minimum atomic E-state index is -0.182. The SMILES string of the molecule is COc1ccc(CNC(=O)/C=C(\C)c2cc3c(-c4cccc(OC)c4)coc3c(C)c2OC)cc1. The highest BCUT2D eigenvalue weighted by Crippen LogP contribution is 2.41. The number of furan rings is 1. The van der Waals surface area contributed by atoms with Gasteiger partial charge in [0.2, 0.25) is 5.91 Å². The van der Waals surface area contributed by atoms with E-state index < -0.39 is 0 Å². The van der Waals surface area contributed by atoms with Gasteiger partial charge in [-0.2, -0.15) is 0 Å². The lowest BCUT2D eigenvalue weighted by Crippen LogP contribution is -2.20. The van der Waals surface area contributed by atoms with Crippen molar-refractivity contribution in [2.75, 3.05) is 21.3 Å². The molecule has 1 heterocycles. The fourth-order valence-corrected chi connectivity index (χ4v) is 4.14. The molecule has 0 spiro atoms. The van der Waals surface area contributed by atoms with E-state index in [2.05, 4.69) is 5.32 Å². The number of carbonyl (C=O) groups is 1. The molecule has 0 aliphatic heterocycles. The molecule has 1 N–H and O–H groups in total. The monoisotopic (exact) mass is 471 g/mol. The normalized spacial score (nSPS) is 11.4. The Kier molecular flexibility index (Phi) is 7.11. The van der Waals surface area contributed by atoms with Crippen molar-refractivity contribution < 1.29 is 23.4 Å². The Morgan fingerprint density at radius 2 is 1.71 bits per heavy atom. The molecule has 180 valence electrons. The van der Waals surface area contributed by atoms with Crippen LogP contribution in [0, 0.1) is 6.92 Å². The summed E-state index contributed by atoms with van der Waals surface area (Å²) in [4.78, 5) is 12.7. The summed E-state index contributed by atoms with van der Waals surface area (Å²) >= 11 is 0. The van der Waals surface area contributed by atoms with Crippen molar-refractivity contribution in [2.45, 2.75) is 20.4 Å². The molecule has 6 nitrogen and oxygen atoms in total. The number of fused-ring (bicyclic) bond motifs is 1. The number of amides is 1. The lowest BCUT2D eigenvalue weighted by molar-refractivity contribution is -0.116. The van der Waals surface area contributed by atoms with Crippen molar-refractivity contribution in [1.29, 1.82) is 0 Å². The van der Waals surface area contributed by atoms with Gasteiger partial charge in [0.1, 0.15) is 22.8 Å². The second-order valence-corrected chi connectivity index (χ2v) is 8.23. The van der Waals surface area contributed by atoms with Crippen LogP contribution in [0.3, 0.4) is 0 Å². The molecule has 0 radical (unpaired) electrons. The molecule has 0 bridgehead atoms. The molecule has 1 aromatic heterocycles. The largest absolute Gasteiger partial charge is 0.497 e. The lowest BCUT2D eigenvalue weighted by atomic mass is 9.96. The average molecular weight is 472 g/mol. The van der Waals surface area contributed by atoms with Crippen LogP contribution in [-0.4, -0.2) is 27.2 Å². The fraction of sp³-hybridized carbons (Fsp3) is 0.207. The summed E-state index contributed by atoms with van der Waals surface area (Å²) in [6, 6.07) is 17.4. The Labute approximate surface area is 205 Å². The molecule has 35 heavy (non-hydrogen) atoms. The molecular formula is C29H29NO5. The number of hydrogen-bond acceptors (Lipinski definition) is 5. The van der Waals surface area contributed by atoms with Crippen LogP contribution < -0.4 is 19.5 Å².